The summed E-state index contributed by atoms with van der Waals surface area (Å²) >= 11 is 0. The molecule has 1 aromatic carbocycles. The summed E-state index contributed by atoms with van der Waals surface area (Å²) in [6.45, 7) is 1.09. The third-order valence-corrected chi connectivity index (χ3v) is 3.91. The van der Waals surface area contributed by atoms with Gasteiger partial charge in [0.15, 0.2) is 0 Å². The van der Waals surface area contributed by atoms with Crippen LogP contribution in [-0.2, 0) is 0 Å². The number of amides is 2. The molecule has 0 atom stereocenters. The van der Waals surface area contributed by atoms with E-state index in [9.17, 15) is 14.3 Å². The third kappa shape index (κ3) is 3.64. The minimum atomic E-state index is -0.503. The number of hydrogen-bond donors (Lipinski definition) is 2. The quantitative estimate of drug-likeness (QED) is 0.893. The molecule has 6 heteroatoms. The largest absolute Gasteiger partial charge is 0.394 e. The van der Waals surface area contributed by atoms with Crippen LogP contribution >= 0.6 is 0 Å². The number of hydrogen-bond acceptors (Lipinski definition) is 3. The summed E-state index contributed by atoms with van der Waals surface area (Å²) in [7, 11) is 3.45. The fourth-order valence-electron chi connectivity index (χ4n) is 2.60. The van der Waals surface area contributed by atoms with Crippen LogP contribution in [0, 0.1) is 5.82 Å². The van der Waals surface area contributed by atoms with E-state index in [-0.39, 0.29) is 18.5 Å². The zero-order chi connectivity index (χ0) is 15.5. The van der Waals surface area contributed by atoms with Gasteiger partial charge >= 0.3 is 6.03 Å². The number of carbonyl (C=O) groups is 1. The fourth-order valence-corrected chi connectivity index (χ4v) is 2.60. The predicted molar refractivity (Wildman–Crippen MR) is 79.7 cm³/mol. The summed E-state index contributed by atoms with van der Waals surface area (Å²) in [6, 6.07) is 6.18. The van der Waals surface area contributed by atoms with Gasteiger partial charge in [-0.3, -0.25) is 0 Å². The molecule has 1 fully saturated rings. The molecule has 0 radical (unpaired) electrons. The highest BCUT2D eigenvalue weighted by Crippen LogP contribution is 2.27. The number of anilines is 1. The summed E-state index contributed by atoms with van der Waals surface area (Å²) < 4.78 is 13.2. The standard InChI is InChI=1S/C15H22FN3O2/c1-18(2)14(21)19-8-6-15(11-20,7-9-19)17-13-5-3-4-12(16)10-13/h3-5,10,17,20H,6-9,11H2,1-2H3. The molecule has 0 spiro atoms. The molecule has 0 aliphatic carbocycles. The highest BCUT2D eigenvalue weighted by molar-refractivity contribution is 5.74. The van der Waals surface area contributed by atoms with E-state index in [4.69, 9.17) is 0 Å². The van der Waals surface area contributed by atoms with Gasteiger partial charge in [-0.25, -0.2) is 9.18 Å². The first-order valence-corrected chi connectivity index (χ1v) is 7.07. The van der Waals surface area contributed by atoms with Crippen LogP contribution in [-0.4, -0.2) is 60.3 Å². The van der Waals surface area contributed by atoms with Crippen molar-refractivity contribution < 1.29 is 14.3 Å². The first kappa shape index (κ1) is 15.6. The molecular formula is C15H22FN3O2. The molecule has 2 rings (SSSR count). The number of rotatable bonds is 3. The second-order valence-corrected chi connectivity index (χ2v) is 5.74. The Morgan fingerprint density at radius 2 is 2.10 bits per heavy atom. The number of urea groups is 1. The van der Waals surface area contributed by atoms with E-state index < -0.39 is 5.54 Å². The second-order valence-electron chi connectivity index (χ2n) is 5.74. The zero-order valence-corrected chi connectivity index (χ0v) is 12.5. The average Bonchev–Trinajstić information content (AvgIpc) is 2.47. The Kier molecular flexibility index (Phi) is 4.67. The number of halogens is 1. The molecule has 1 aliphatic rings. The first-order chi connectivity index (χ1) is 9.96. The van der Waals surface area contributed by atoms with E-state index in [1.807, 2.05) is 0 Å². The Bertz CT molecular complexity index is 499. The summed E-state index contributed by atoms with van der Waals surface area (Å²) in [6.07, 6.45) is 1.25. The molecular weight excluding hydrogens is 273 g/mol. The van der Waals surface area contributed by atoms with Crippen molar-refractivity contribution in [1.82, 2.24) is 9.80 Å². The SMILES string of the molecule is CN(C)C(=O)N1CCC(CO)(Nc2cccc(F)c2)CC1. The van der Waals surface area contributed by atoms with Crippen molar-refractivity contribution in [2.24, 2.45) is 0 Å². The molecule has 2 amide bonds. The van der Waals surface area contributed by atoms with Gasteiger partial charge < -0.3 is 20.2 Å². The second kappa shape index (κ2) is 6.30. The van der Waals surface area contributed by atoms with Crippen molar-refractivity contribution in [3.63, 3.8) is 0 Å². The van der Waals surface area contributed by atoms with Gasteiger partial charge in [0.2, 0.25) is 0 Å². The van der Waals surface area contributed by atoms with Crippen molar-refractivity contribution in [1.29, 1.82) is 0 Å². The number of benzene rings is 1. The maximum Gasteiger partial charge on any atom is 0.319 e. The van der Waals surface area contributed by atoms with Crippen LogP contribution in [0.1, 0.15) is 12.8 Å². The Morgan fingerprint density at radius 3 is 2.62 bits per heavy atom. The lowest BCUT2D eigenvalue weighted by Gasteiger charge is -2.42. The van der Waals surface area contributed by atoms with Crippen LogP contribution in [0.15, 0.2) is 24.3 Å². The Hall–Kier alpha value is -1.82. The Morgan fingerprint density at radius 1 is 1.43 bits per heavy atom. The van der Waals surface area contributed by atoms with E-state index in [2.05, 4.69) is 5.32 Å². The topological polar surface area (TPSA) is 55.8 Å². The molecule has 0 unspecified atom stereocenters. The number of likely N-dealkylation sites (tertiary alicyclic amines) is 1. The van der Waals surface area contributed by atoms with Gasteiger partial charge in [-0.2, -0.15) is 0 Å². The molecule has 1 saturated heterocycles. The molecule has 0 saturated carbocycles. The Balaban J connectivity index is 2.03. The summed E-state index contributed by atoms with van der Waals surface area (Å²) in [4.78, 5) is 15.2. The van der Waals surface area contributed by atoms with E-state index in [0.29, 0.717) is 31.6 Å². The monoisotopic (exact) mass is 295 g/mol. The van der Waals surface area contributed by atoms with Crippen LogP contribution in [0.3, 0.4) is 0 Å². The van der Waals surface area contributed by atoms with Crippen molar-refractivity contribution >= 4 is 11.7 Å². The zero-order valence-electron chi connectivity index (χ0n) is 12.5. The minimum Gasteiger partial charge on any atom is -0.394 e. The smallest absolute Gasteiger partial charge is 0.319 e. The maximum absolute atomic E-state index is 13.2. The van der Waals surface area contributed by atoms with Crippen LogP contribution in [0.4, 0.5) is 14.9 Å². The van der Waals surface area contributed by atoms with Gasteiger partial charge in [-0.1, -0.05) is 6.07 Å². The molecule has 1 heterocycles. The minimum absolute atomic E-state index is 0.0210. The Labute approximate surface area is 124 Å². The maximum atomic E-state index is 13.2. The van der Waals surface area contributed by atoms with Gasteiger partial charge in [0.25, 0.3) is 0 Å². The van der Waals surface area contributed by atoms with Crippen LogP contribution in [0.2, 0.25) is 0 Å². The van der Waals surface area contributed by atoms with E-state index in [1.165, 1.54) is 12.1 Å². The normalized spacial score (nSPS) is 17.4. The predicted octanol–water partition coefficient (Wildman–Crippen LogP) is 1.75. The molecule has 1 aliphatic heterocycles. The van der Waals surface area contributed by atoms with Crippen LogP contribution < -0.4 is 5.32 Å². The highest BCUT2D eigenvalue weighted by Gasteiger charge is 2.35. The number of piperidine rings is 1. The van der Waals surface area contributed by atoms with Gasteiger partial charge in [-0.05, 0) is 31.0 Å². The van der Waals surface area contributed by atoms with E-state index in [1.54, 1.807) is 36.0 Å². The number of carbonyl (C=O) groups excluding carboxylic acids is 1. The highest BCUT2D eigenvalue weighted by atomic mass is 19.1. The molecule has 2 N–H and O–H groups in total. The lowest BCUT2D eigenvalue weighted by molar-refractivity contribution is 0.115. The number of nitrogens with one attached hydrogen (secondary N) is 1. The van der Waals surface area contributed by atoms with Crippen molar-refractivity contribution in [3.8, 4) is 0 Å². The first-order valence-electron chi connectivity index (χ1n) is 7.07. The van der Waals surface area contributed by atoms with Crippen LogP contribution in [0.25, 0.3) is 0 Å². The summed E-state index contributed by atoms with van der Waals surface area (Å²) in [5.74, 6) is -0.312. The molecule has 0 bridgehead atoms. The lowest BCUT2D eigenvalue weighted by Crippen LogP contribution is -2.54. The number of aliphatic hydroxyl groups excluding tert-OH is 1. The molecule has 116 valence electrons. The molecule has 5 nitrogen and oxygen atoms in total. The van der Waals surface area contributed by atoms with E-state index >= 15 is 0 Å². The third-order valence-electron chi connectivity index (χ3n) is 3.91. The number of aliphatic hydroxyl groups is 1. The van der Waals surface area contributed by atoms with Gasteiger partial charge in [0.1, 0.15) is 5.82 Å². The fraction of sp³-hybridized carbons (Fsp3) is 0.533. The van der Waals surface area contributed by atoms with Gasteiger partial charge in [0, 0.05) is 32.9 Å². The molecule has 0 aromatic heterocycles. The summed E-state index contributed by atoms with van der Waals surface area (Å²) in [5.41, 5.74) is 0.146. The van der Waals surface area contributed by atoms with E-state index in [0.717, 1.165) is 0 Å². The van der Waals surface area contributed by atoms with Crippen LogP contribution in [0.5, 0.6) is 0 Å². The van der Waals surface area contributed by atoms with Gasteiger partial charge in [-0.15, -0.1) is 0 Å². The summed E-state index contributed by atoms with van der Waals surface area (Å²) in [5, 5.41) is 13.0. The van der Waals surface area contributed by atoms with Gasteiger partial charge in [0.05, 0.1) is 12.1 Å². The number of nitrogens with zero attached hydrogens (tertiary/aromatic N) is 2. The molecule has 1 aromatic rings. The van der Waals surface area contributed by atoms with Crippen molar-refractivity contribution in [3.05, 3.63) is 30.1 Å². The van der Waals surface area contributed by atoms with Crippen molar-refractivity contribution in [2.45, 2.75) is 18.4 Å². The lowest BCUT2D eigenvalue weighted by atomic mass is 9.88. The molecule has 21 heavy (non-hydrogen) atoms. The average molecular weight is 295 g/mol. The van der Waals surface area contributed by atoms with Crippen molar-refractivity contribution in [2.75, 3.05) is 39.1 Å².